The summed E-state index contributed by atoms with van der Waals surface area (Å²) in [5, 5.41) is 3.35. The van der Waals surface area contributed by atoms with Crippen LogP contribution in [-0.4, -0.2) is 18.1 Å². The average Bonchev–Trinajstić information content (AvgIpc) is 2.38. The molecule has 0 radical (unpaired) electrons. The first-order valence-corrected chi connectivity index (χ1v) is 7.05. The SMILES string of the molecule is CCCNCc1cccc(OCC(C)CCC)n1. The molecule has 0 aliphatic heterocycles. The Morgan fingerprint density at radius 3 is 2.83 bits per heavy atom. The van der Waals surface area contributed by atoms with Crippen LogP contribution in [0.3, 0.4) is 0 Å². The normalized spacial score (nSPS) is 12.4. The second-order valence-electron chi connectivity index (χ2n) is 4.85. The second kappa shape index (κ2) is 8.92. The van der Waals surface area contributed by atoms with Gasteiger partial charge in [-0.1, -0.05) is 33.3 Å². The maximum Gasteiger partial charge on any atom is 0.213 e. The number of nitrogens with zero attached hydrogens (tertiary/aromatic N) is 1. The van der Waals surface area contributed by atoms with Crippen LogP contribution in [0.15, 0.2) is 18.2 Å². The van der Waals surface area contributed by atoms with Crippen LogP contribution in [0.25, 0.3) is 0 Å². The van der Waals surface area contributed by atoms with Gasteiger partial charge in [0.25, 0.3) is 0 Å². The van der Waals surface area contributed by atoms with Gasteiger partial charge in [0.2, 0.25) is 5.88 Å². The molecule has 0 amide bonds. The van der Waals surface area contributed by atoms with Crippen molar-refractivity contribution in [3.05, 3.63) is 23.9 Å². The Kier molecular flexibility index (Phi) is 7.42. The predicted octanol–water partition coefficient (Wildman–Crippen LogP) is 3.40. The summed E-state index contributed by atoms with van der Waals surface area (Å²) in [7, 11) is 0. The monoisotopic (exact) mass is 250 g/mol. The standard InChI is InChI=1S/C15H26N2O/c1-4-7-13(3)12-18-15-9-6-8-14(17-15)11-16-10-5-2/h6,8-9,13,16H,4-5,7,10-12H2,1-3H3. The Morgan fingerprint density at radius 1 is 1.28 bits per heavy atom. The lowest BCUT2D eigenvalue weighted by Crippen LogP contribution is -2.15. The molecule has 0 saturated carbocycles. The Hall–Kier alpha value is -1.09. The molecule has 1 aromatic rings. The fourth-order valence-corrected chi connectivity index (χ4v) is 1.83. The Labute approximate surface area is 111 Å². The van der Waals surface area contributed by atoms with Gasteiger partial charge in [-0.2, -0.15) is 0 Å². The van der Waals surface area contributed by atoms with Gasteiger partial charge in [-0.25, -0.2) is 4.98 Å². The predicted molar refractivity (Wildman–Crippen MR) is 75.8 cm³/mol. The molecule has 0 aromatic carbocycles. The first-order valence-electron chi connectivity index (χ1n) is 7.05. The van der Waals surface area contributed by atoms with Crippen molar-refractivity contribution < 1.29 is 4.74 Å². The zero-order valence-electron chi connectivity index (χ0n) is 11.9. The van der Waals surface area contributed by atoms with Crippen molar-refractivity contribution in [2.75, 3.05) is 13.2 Å². The maximum absolute atomic E-state index is 5.73. The molecular weight excluding hydrogens is 224 g/mol. The number of hydrogen-bond acceptors (Lipinski definition) is 3. The summed E-state index contributed by atoms with van der Waals surface area (Å²) in [6, 6.07) is 5.97. The molecule has 0 aliphatic rings. The second-order valence-corrected chi connectivity index (χ2v) is 4.85. The Morgan fingerprint density at radius 2 is 2.11 bits per heavy atom. The van der Waals surface area contributed by atoms with Crippen LogP contribution in [0, 0.1) is 5.92 Å². The van der Waals surface area contributed by atoms with E-state index >= 15 is 0 Å². The topological polar surface area (TPSA) is 34.1 Å². The first-order chi connectivity index (χ1) is 8.76. The highest BCUT2D eigenvalue weighted by Gasteiger charge is 2.03. The number of ether oxygens (including phenoxy) is 1. The van der Waals surface area contributed by atoms with Crippen LogP contribution < -0.4 is 10.1 Å². The first kappa shape index (κ1) is 15.0. The molecule has 102 valence electrons. The smallest absolute Gasteiger partial charge is 0.213 e. The summed E-state index contributed by atoms with van der Waals surface area (Å²) in [5.41, 5.74) is 1.05. The summed E-state index contributed by atoms with van der Waals surface area (Å²) < 4.78 is 5.73. The molecule has 1 heterocycles. The summed E-state index contributed by atoms with van der Waals surface area (Å²) >= 11 is 0. The summed E-state index contributed by atoms with van der Waals surface area (Å²) in [4.78, 5) is 4.49. The van der Waals surface area contributed by atoms with Gasteiger partial charge in [-0.3, -0.25) is 0 Å². The van der Waals surface area contributed by atoms with E-state index in [1.165, 1.54) is 12.8 Å². The fourth-order valence-electron chi connectivity index (χ4n) is 1.83. The third kappa shape index (κ3) is 6.01. The largest absolute Gasteiger partial charge is 0.477 e. The number of hydrogen-bond donors (Lipinski definition) is 1. The van der Waals surface area contributed by atoms with Crippen molar-refractivity contribution in [1.82, 2.24) is 10.3 Å². The number of nitrogens with one attached hydrogen (secondary N) is 1. The third-order valence-corrected chi connectivity index (χ3v) is 2.81. The lowest BCUT2D eigenvalue weighted by molar-refractivity contribution is 0.242. The van der Waals surface area contributed by atoms with E-state index < -0.39 is 0 Å². The quantitative estimate of drug-likeness (QED) is 0.682. The van der Waals surface area contributed by atoms with E-state index in [9.17, 15) is 0 Å². The van der Waals surface area contributed by atoms with Crippen molar-refractivity contribution >= 4 is 0 Å². The van der Waals surface area contributed by atoms with E-state index in [0.717, 1.165) is 37.7 Å². The average molecular weight is 250 g/mol. The number of rotatable bonds is 9. The van der Waals surface area contributed by atoms with E-state index in [1.54, 1.807) is 0 Å². The third-order valence-electron chi connectivity index (χ3n) is 2.81. The van der Waals surface area contributed by atoms with E-state index in [0.29, 0.717) is 5.92 Å². The fraction of sp³-hybridized carbons (Fsp3) is 0.667. The highest BCUT2D eigenvalue weighted by atomic mass is 16.5. The van der Waals surface area contributed by atoms with E-state index in [4.69, 9.17) is 4.74 Å². The van der Waals surface area contributed by atoms with Gasteiger partial charge in [0, 0.05) is 12.6 Å². The molecule has 0 bridgehead atoms. The van der Waals surface area contributed by atoms with Crippen molar-refractivity contribution in [3.63, 3.8) is 0 Å². The van der Waals surface area contributed by atoms with Gasteiger partial charge in [0.1, 0.15) is 0 Å². The molecule has 1 N–H and O–H groups in total. The van der Waals surface area contributed by atoms with Crippen LogP contribution >= 0.6 is 0 Å². The lowest BCUT2D eigenvalue weighted by atomic mass is 10.1. The van der Waals surface area contributed by atoms with Gasteiger partial charge < -0.3 is 10.1 Å². The lowest BCUT2D eigenvalue weighted by Gasteiger charge is -2.12. The summed E-state index contributed by atoms with van der Waals surface area (Å²) in [5.74, 6) is 1.34. The van der Waals surface area contributed by atoms with Crippen LogP contribution in [0.4, 0.5) is 0 Å². The molecule has 0 aliphatic carbocycles. The highest BCUT2D eigenvalue weighted by Crippen LogP contribution is 2.11. The molecule has 3 heteroatoms. The summed E-state index contributed by atoms with van der Waals surface area (Å²) in [6.45, 7) is 9.18. The minimum absolute atomic E-state index is 0.596. The minimum atomic E-state index is 0.596. The molecule has 0 fully saturated rings. The van der Waals surface area contributed by atoms with Gasteiger partial charge in [0.05, 0.1) is 12.3 Å². The summed E-state index contributed by atoms with van der Waals surface area (Å²) in [6.07, 6.45) is 3.56. The van der Waals surface area contributed by atoms with Crippen LogP contribution in [0.5, 0.6) is 5.88 Å². The van der Waals surface area contributed by atoms with Gasteiger partial charge in [-0.15, -0.1) is 0 Å². The zero-order chi connectivity index (χ0) is 13.2. The van der Waals surface area contributed by atoms with Crippen molar-refractivity contribution in [3.8, 4) is 5.88 Å². The van der Waals surface area contributed by atoms with E-state index in [2.05, 4.69) is 31.1 Å². The molecule has 18 heavy (non-hydrogen) atoms. The number of aromatic nitrogens is 1. The van der Waals surface area contributed by atoms with Crippen LogP contribution in [0.2, 0.25) is 0 Å². The maximum atomic E-state index is 5.73. The van der Waals surface area contributed by atoms with Crippen molar-refractivity contribution in [1.29, 1.82) is 0 Å². The molecule has 1 atom stereocenters. The molecule has 1 unspecified atom stereocenters. The molecule has 1 aromatic heterocycles. The van der Waals surface area contributed by atoms with E-state index in [1.807, 2.05) is 18.2 Å². The van der Waals surface area contributed by atoms with Crippen molar-refractivity contribution in [2.24, 2.45) is 5.92 Å². The molecule has 3 nitrogen and oxygen atoms in total. The van der Waals surface area contributed by atoms with Gasteiger partial charge >= 0.3 is 0 Å². The zero-order valence-corrected chi connectivity index (χ0v) is 11.9. The molecule has 0 saturated heterocycles. The van der Waals surface area contributed by atoms with Gasteiger partial charge in [0.15, 0.2) is 0 Å². The molecule has 1 rings (SSSR count). The van der Waals surface area contributed by atoms with E-state index in [-0.39, 0.29) is 0 Å². The number of pyridine rings is 1. The highest BCUT2D eigenvalue weighted by molar-refractivity contribution is 5.15. The van der Waals surface area contributed by atoms with Gasteiger partial charge in [-0.05, 0) is 31.4 Å². The Bertz CT molecular complexity index is 328. The van der Waals surface area contributed by atoms with Crippen molar-refractivity contribution in [2.45, 2.75) is 46.6 Å². The molecular formula is C15H26N2O. The molecule has 0 spiro atoms. The van der Waals surface area contributed by atoms with Crippen LogP contribution in [0.1, 0.15) is 45.7 Å². The minimum Gasteiger partial charge on any atom is -0.477 e. The Balaban J connectivity index is 2.39. The van der Waals surface area contributed by atoms with Crippen LogP contribution in [-0.2, 0) is 6.54 Å².